The van der Waals surface area contributed by atoms with Gasteiger partial charge in [-0.15, -0.1) is 0 Å². The van der Waals surface area contributed by atoms with Crippen LogP contribution in [0.2, 0.25) is 15.2 Å². The van der Waals surface area contributed by atoms with Crippen molar-refractivity contribution in [2.45, 2.75) is 0 Å². The van der Waals surface area contributed by atoms with Crippen molar-refractivity contribution >= 4 is 46.2 Å². The Balaban J connectivity index is 2.30. The molecule has 0 aliphatic rings. The van der Waals surface area contributed by atoms with Crippen molar-refractivity contribution in [3.63, 3.8) is 0 Å². The van der Waals surface area contributed by atoms with Gasteiger partial charge in [-0.2, -0.15) is 0 Å². The Morgan fingerprint density at radius 2 is 1.81 bits per heavy atom. The van der Waals surface area contributed by atoms with Crippen molar-refractivity contribution in [3.05, 3.63) is 51.7 Å². The summed E-state index contributed by atoms with van der Waals surface area (Å²) in [6.45, 7) is 0. The van der Waals surface area contributed by atoms with Crippen LogP contribution in [0.3, 0.4) is 0 Å². The van der Waals surface area contributed by atoms with Crippen LogP contribution in [0.15, 0.2) is 36.5 Å². The largest absolute Gasteiger partial charge is 0.354 e. The number of benzene rings is 1. The van der Waals surface area contributed by atoms with Gasteiger partial charge in [0.2, 0.25) is 0 Å². The number of nitrogens with zero attached hydrogens (tertiary/aromatic N) is 1. The number of halogens is 3. The molecule has 1 aromatic carbocycles. The SMILES string of the molecule is Clc1ccc(Cl)c(Nc2ccnc(Cl)c2)c1. The minimum absolute atomic E-state index is 0.420. The number of pyridine rings is 1. The van der Waals surface area contributed by atoms with Crippen molar-refractivity contribution in [2.75, 3.05) is 5.32 Å². The maximum atomic E-state index is 6.02. The number of anilines is 2. The van der Waals surface area contributed by atoms with Crippen LogP contribution in [0, 0.1) is 0 Å². The third-order valence-corrected chi connectivity index (χ3v) is 2.71. The number of rotatable bonds is 2. The molecule has 2 nitrogen and oxygen atoms in total. The average molecular weight is 274 g/mol. The first-order valence-electron chi connectivity index (χ1n) is 4.49. The Labute approximate surface area is 108 Å². The van der Waals surface area contributed by atoms with Crippen molar-refractivity contribution in [1.29, 1.82) is 0 Å². The lowest BCUT2D eigenvalue weighted by Crippen LogP contribution is -1.91. The smallest absolute Gasteiger partial charge is 0.131 e. The fourth-order valence-corrected chi connectivity index (χ4v) is 1.74. The maximum absolute atomic E-state index is 6.02. The summed E-state index contributed by atoms with van der Waals surface area (Å²) in [5.41, 5.74) is 1.54. The van der Waals surface area contributed by atoms with Gasteiger partial charge in [-0.1, -0.05) is 34.8 Å². The van der Waals surface area contributed by atoms with E-state index in [4.69, 9.17) is 34.8 Å². The van der Waals surface area contributed by atoms with Crippen LogP contribution in [0.4, 0.5) is 11.4 Å². The second kappa shape index (κ2) is 4.91. The van der Waals surface area contributed by atoms with Crippen LogP contribution in [0.5, 0.6) is 0 Å². The lowest BCUT2D eigenvalue weighted by molar-refractivity contribution is 1.32. The van der Waals surface area contributed by atoms with Gasteiger partial charge in [0.15, 0.2) is 0 Å². The Morgan fingerprint density at radius 3 is 2.56 bits per heavy atom. The predicted molar refractivity (Wildman–Crippen MR) is 69.0 cm³/mol. The van der Waals surface area contributed by atoms with E-state index in [0.29, 0.717) is 15.2 Å². The highest BCUT2D eigenvalue weighted by atomic mass is 35.5. The summed E-state index contributed by atoms with van der Waals surface area (Å²) in [5.74, 6) is 0. The lowest BCUT2D eigenvalue weighted by atomic mass is 10.3. The van der Waals surface area contributed by atoms with E-state index >= 15 is 0 Å². The second-order valence-electron chi connectivity index (χ2n) is 3.12. The highest BCUT2D eigenvalue weighted by molar-refractivity contribution is 6.35. The Kier molecular flexibility index (Phi) is 3.54. The molecular weight excluding hydrogens is 266 g/mol. The third kappa shape index (κ3) is 2.79. The zero-order chi connectivity index (χ0) is 11.5. The molecule has 0 atom stereocenters. The van der Waals surface area contributed by atoms with Gasteiger partial charge in [0.25, 0.3) is 0 Å². The molecule has 0 aliphatic carbocycles. The van der Waals surface area contributed by atoms with Crippen molar-refractivity contribution in [3.8, 4) is 0 Å². The Hall–Kier alpha value is -0.960. The van der Waals surface area contributed by atoms with Crippen LogP contribution in [-0.2, 0) is 0 Å². The molecule has 0 amide bonds. The van der Waals surface area contributed by atoms with E-state index in [2.05, 4.69) is 10.3 Å². The molecule has 0 fully saturated rings. The van der Waals surface area contributed by atoms with Gasteiger partial charge in [-0.3, -0.25) is 0 Å². The fourth-order valence-electron chi connectivity index (χ4n) is 1.23. The molecule has 2 aromatic rings. The molecule has 2 rings (SSSR count). The first-order valence-corrected chi connectivity index (χ1v) is 5.62. The molecule has 0 spiro atoms. The molecule has 0 bridgehead atoms. The van der Waals surface area contributed by atoms with E-state index in [1.54, 1.807) is 36.5 Å². The number of hydrogen-bond acceptors (Lipinski definition) is 2. The van der Waals surface area contributed by atoms with Crippen LogP contribution in [-0.4, -0.2) is 4.98 Å². The van der Waals surface area contributed by atoms with Crippen molar-refractivity contribution < 1.29 is 0 Å². The zero-order valence-corrected chi connectivity index (χ0v) is 10.3. The van der Waals surface area contributed by atoms with Gasteiger partial charge >= 0.3 is 0 Å². The number of aromatic nitrogens is 1. The number of hydrogen-bond donors (Lipinski definition) is 1. The van der Waals surface area contributed by atoms with Crippen LogP contribution >= 0.6 is 34.8 Å². The van der Waals surface area contributed by atoms with Crippen LogP contribution in [0.1, 0.15) is 0 Å². The van der Waals surface area contributed by atoms with Crippen molar-refractivity contribution in [1.82, 2.24) is 4.98 Å². The Morgan fingerprint density at radius 1 is 1.00 bits per heavy atom. The van der Waals surface area contributed by atoms with E-state index in [0.717, 1.165) is 11.4 Å². The van der Waals surface area contributed by atoms with E-state index in [-0.39, 0.29) is 0 Å². The lowest BCUT2D eigenvalue weighted by Gasteiger charge is -2.08. The van der Waals surface area contributed by atoms with Crippen LogP contribution < -0.4 is 5.32 Å². The normalized spacial score (nSPS) is 10.2. The summed E-state index contributed by atoms with van der Waals surface area (Å²) in [6.07, 6.45) is 1.61. The molecule has 0 aliphatic heterocycles. The molecule has 5 heteroatoms. The predicted octanol–water partition coefficient (Wildman–Crippen LogP) is 4.79. The van der Waals surface area contributed by atoms with Gasteiger partial charge in [-0.05, 0) is 30.3 Å². The monoisotopic (exact) mass is 272 g/mol. The maximum Gasteiger partial charge on any atom is 0.131 e. The molecule has 0 saturated carbocycles. The van der Waals surface area contributed by atoms with Crippen molar-refractivity contribution in [2.24, 2.45) is 0 Å². The summed E-state index contributed by atoms with van der Waals surface area (Å²) in [5, 5.41) is 4.74. The highest BCUT2D eigenvalue weighted by Gasteiger charge is 2.02. The molecular formula is C11H7Cl3N2. The molecule has 0 radical (unpaired) electrons. The van der Waals surface area contributed by atoms with Gasteiger partial charge in [0.1, 0.15) is 5.15 Å². The summed E-state index contributed by atoms with van der Waals surface area (Å²) >= 11 is 17.7. The van der Waals surface area contributed by atoms with E-state index in [1.807, 2.05) is 0 Å². The van der Waals surface area contributed by atoms with E-state index in [1.165, 1.54) is 0 Å². The van der Waals surface area contributed by atoms with E-state index in [9.17, 15) is 0 Å². The molecule has 0 unspecified atom stereocenters. The summed E-state index contributed by atoms with van der Waals surface area (Å²) < 4.78 is 0. The molecule has 82 valence electrons. The molecule has 1 aromatic heterocycles. The molecule has 16 heavy (non-hydrogen) atoms. The first kappa shape index (κ1) is 11.5. The summed E-state index contributed by atoms with van der Waals surface area (Å²) in [7, 11) is 0. The molecule has 1 heterocycles. The molecule has 0 saturated heterocycles. The zero-order valence-electron chi connectivity index (χ0n) is 8.05. The quantitative estimate of drug-likeness (QED) is 0.796. The fraction of sp³-hybridized carbons (Fsp3) is 0. The molecule has 1 N–H and O–H groups in total. The minimum Gasteiger partial charge on any atom is -0.354 e. The van der Waals surface area contributed by atoms with E-state index < -0.39 is 0 Å². The van der Waals surface area contributed by atoms with Gasteiger partial charge in [0.05, 0.1) is 10.7 Å². The summed E-state index contributed by atoms with van der Waals surface area (Å²) in [6, 6.07) is 8.71. The third-order valence-electron chi connectivity index (χ3n) is 1.93. The topological polar surface area (TPSA) is 24.9 Å². The van der Waals surface area contributed by atoms with Gasteiger partial charge < -0.3 is 5.32 Å². The second-order valence-corrected chi connectivity index (χ2v) is 4.35. The average Bonchev–Trinajstić information content (AvgIpc) is 2.24. The first-order chi connectivity index (χ1) is 7.65. The Bertz CT molecular complexity index is 514. The highest BCUT2D eigenvalue weighted by Crippen LogP contribution is 2.28. The minimum atomic E-state index is 0.420. The van der Waals surface area contributed by atoms with Crippen LogP contribution in [0.25, 0.3) is 0 Å². The van der Waals surface area contributed by atoms with Gasteiger partial charge in [-0.25, -0.2) is 4.98 Å². The number of nitrogens with one attached hydrogen (secondary N) is 1. The standard InChI is InChI=1S/C11H7Cl3N2/c12-7-1-2-9(13)10(5-7)16-8-3-4-15-11(14)6-8/h1-6H,(H,15,16). The summed E-state index contributed by atoms with van der Waals surface area (Å²) in [4.78, 5) is 3.89. The van der Waals surface area contributed by atoms with Gasteiger partial charge in [0, 0.05) is 16.9 Å².